The second-order valence-corrected chi connectivity index (χ2v) is 5.62. The normalized spacial score (nSPS) is 21.9. The second-order valence-electron chi connectivity index (χ2n) is 4.29. The molecule has 0 aliphatic heterocycles. The van der Waals surface area contributed by atoms with Crippen molar-refractivity contribution in [3.8, 4) is 0 Å². The minimum atomic E-state index is -4.30. The van der Waals surface area contributed by atoms with Gasteiger partial charge in [0.2, 0.25) is 0 Å². The number of rotatable bonds is 2. The third-order valence-electron chi connectivity index (χ3n) is 2.92. The summed E-state index contributed by atoms with van der Waals surface area (Å²) in [5.41, 5.74) is 0.194. The summed E-state index contributed by atoms with van der Waals surface area (Å²) in [5.74, 6) is -4.17. The molecule has 1 aliphatic rings. The van der Waals surface area contributed by atoms with E-state index < -0.39 is 34.4 Å². The molecule has 0 heterocycles. The molecule has 8 heteroatoms. The van der Waals surface area contributed by atoms with E-state index in [1.54, 1.807) is 4.72 Å². The van der Waals surface area contributed by atoms with Crippen molar-refractivity contribution in [2.45, 2.75) is 25.3 Å². The van der Waals surface area contributed by atoms with Crippen molar-refractivity contribution in [1.82, 2.24) is 4.72 Å². The van der Waals surface area contributed by atoms with Gasteiger partial charge >= 0.3 is 0 Å². The monoisotopic (exact) mass is 280 g/mol. The predicted molar refractivity (Wildman–Crippen MR) is 58.8 cm³/mol. The minimum Gasteiger partial charge on any atom is -0.216 e. The zero-order valence-corrected chi connectivity index (χ0v) is 10.2. The van der Waals surface area contributed by atoms with Crippen LogP contribution >= 0.6 is 0 Å². The van der Waals surface area contributed by atoms with Crippen molar-refractivity contribution < 1.29 is 21.6 Å². The number of nitrogens with one attached hydrogen (secondary N) is 1. The third kappa shape index (κ3) is 2.23. The zero-order valence-electron chi connectivity index (χ0n) is 9.38. The third-order valence-corrected chi connectivity index (χ3v) is 3.49. The van der Waals surface area contributed by atoms with E-state index in [0.29, 0.717) is 5.56 Å². The van der Waals surface area contributed by atoms with Crippen molar-refractivity contribution in [3.63, 3.8) is 0 Å². The molecule has 0 saturated carbocycles. The lowest BCUT2D eigenvalue weighted by atomic mass is 10.0. The zero-order chi connectivity index (χ0) is 13.7. The lowest BCUT2D eigenvalue weighted by Gasteiger charge is -2.20. The van der Waals surface area contributed by atoms with Crippen LogP contribution in [0.3, 0.4) is 0 Å². The summed E-state index contributed by atoms with van der Waals surface area (Å²) < 4.78 is 64.5. The molecule has 0 unspecified atom stereocenters. The summed E-state index contributed by atoms with van der Waals surface area (Å²) in [6.45, 7) is 1.51. The molecule has 4 nitrogen and oxygen atoms in total. The van der Waals surface area contributed by atoms with Crippen LogP contribution in [0.2, 0.25) is 0 Å². The van der Waals surface area contributed by atoms with Crippen LogP contribution in [-0.4, -0.2) is 14.3 Å². The molecule has 0 fully saturated rings. The van der Waals surface area contributed by atoms with Gasteiger partial charge in [-0.05, 0) is 29.7 Å². The molecule has 0 spiro atoms. The Morgan fingerprint density at radius 3 is 2.61 bits per heavy atom. The van der Waals surface area contributed by atoms with Crippen molar-refractivity contribution in [3.05, 3.63) is 34.6 Å². The van der Waals surface area contributed by atoms with E-state index in [4.69, 9.17) is 5.14 Å². The van der Waals surface area contributed by atoms with Gasteiger partial charge < -0.3 is 0 Å². The van der Waals surface area contributed by atoms with Crippen molar-refractivity contribution >= 4 is 10.2 Å². The summed E-state index contributed by atoms with van der Waals surface area (Å²) in [6, 6.07) is 0.593. The Morgan fingerprint density at radius 2 is 2.06 bits per heavy atom. The Morgan fingerprint density at radius 1 is 1.44 bits per heavy atom. The van der Waals surface area contributed by atoms with Crippen molar-refractivity contribution in [2.24, 2.45) is 5.14 Å². The molecule has 0 bridgehead atoms. The first-order chi connectivity index (χ1) is 8.12. The molecular formula is C10H11F3N2O2S. The summed E-state index contributed by atoms with van der Waals surface area (Å²) in [7, 11) is -4.30. The van der Waals surface area contributed by atoms with E-state index >= 15 is 0 Å². The molecule has 0 amide bonds. The maximum Gasteiger partial charge on any atom is 0.275 e. The lowest BCUT2D eigenvalue weighted by molar-refractivity contribution is -0.0191. The molecular weight excluding hydrogens is 269 g/mol. The summed E-state index contributed by atoms with van der Waals surface area (Å²) in [6.07, 6.45) is -0.844. The van der Waals surface area contributed by atoms with Crippen LogP contribution in [0.15, 0.2) is 12.1 Å². The van der Waals surface area contributed by atoms with Crippen molar-refractivity contribution in [2.75, 3.05) is 0 Å². The molecule has 1 aromatic rings. The molecule has 2 rings (SSSR count). The van der Waals surface area contributed by atoms with Crippen LogP contribution in [0.5, 0.6) is 0 Å². The number of nitrogens with two attached hydrogens (primary N) is 1. The van der Waals surface area contributed by atoms with Gasteiger partial charge in [0.25, 0.3) is 16.1 Å². The van der Waals surface area contributed by atoms with Gasteiger partial charge in [-0.15, -0.1) is 0 Å². The van der Waals surface area contributed by atoms with Crippen LogP contribution in [0.25, 0.3) is 0 Å². The molecule has 3 N–H and O–H groups in total. The average molecular weight is 280 g/mol. The largest absolute Gasteiger partial charge is 0.275 e. The maximum atomic E-state index is 13.7. The van der Waals surface area contributed by atoms with E-state index in [1.807, 2.05) is 0 Å². The molecule has 100 valence electrons. The Bertz CT molecular complexity index is 601. The van der Waals surface area contributed by atoms with E-state index in [1.165, 1.54) is 13.0 Å². The van der Waals surface area contributed by atoms with E-state index in [0.717, 1.165) is 6.07 Å². The van der Waals surface area contributed by atoms with Crippen LogP contribution < -0.4 is 9.86 Å². The first-order valence-corrected chi connectivity index (χ1v) is 6.62. The molecule has 0 radical (unpaired) electrons. The Balaban J connectivity index is 2.58. The fraction of sp³-hybridized carbons (Fsp3) is 0.400. The number of fused-ring (bicyclic) bond motifs is 1. The van der Waals surface area contributed by atoms with E-state index in [-0.39, 0.29) is 11.1 Å². The quantitative estimate of drug-likeness (QED) is 0.853. The predicted octanol–water partition coefficient (Wildman–Crippen LogP) is 1.16. The summed E-state index contributed by atoms with van der Waals surface area (Å²) in [4.78, 5) is 0. The number of hydrogen-bond acceptors (Lipinski definition) is 2. The average Bonchev–Trinajstić information content (AvgIpc) is 2.44. The Labute approximate surface area is 102 Å². The topological polar surface area (TPSA) is 72.2 Å². The highest BCUT2D eigenvalue weighted by Gasteiger charge is 2.50. The first-order valence-electron chi connectivity index (χ1n) is 5.07. The highest BCUT2D eigenvalue weighted by Crippen LogP contribution is 2.45. The number of aryl methyl sites for hydroxylation is 1. The SMILES string of the molecule is Cc1ccc(F)c2c1[C@H](NS(N)(=O)=O)C(F)(F)C2. The van der Waals surface area contributed by atoms with Crippen LogP contribution in [0.4, 0.5) is 13.2 Å². The fourth-order valence-electron chi connectivity index (χ4n) is 2.20. The molecule has 1 aromatic carbocycles. The highest BCUT2D eigenvalue weighted by atomic mass is 32.2. The molecule has 0 aromatic heterocycles. The number of alkyl halides is 2. The molecule has 0 saturated heterocycles. The van der Waals surface area contributed by atoms with Crippen molar-refractivity contribution in [1.29, 1.82) is 0 Å². The van der Waals surface area contributed by atoms with Crippen LogP contribution in [0.1, 0.15) is 22.7 Å². The van der Waals surface area contributed by atoms with E-state index in [2.05, 4.69) is 0 Å². The smallest absolute Gasteiger partial charge is 0.216 e. The maximum absolute atomic E-state index is 13.7. The summed E-state index contributed by atoms with van der Waals surface area (Å²) >= 11 is 0. The van der Waals surface area contributed by atoms with Crippen LogP contribution in [-0.2, 0) is 16.6 Å². The van der Waals surface area contributed by atoms with Gasteiger partial charge in [-0.2, -0.15) is 13.1 Å². The molecule has 1 aliphatic carbocycles. The van der Waals surface area contributed by atoms with Gasteiger partial charge in [-0.1, -0.05) is 6.07 Å². The number of halogens is 3. The van der Waals surface area contributed by atoms with Gasteiger partial charge in [0.15, 0.2) is 0 Å². The van der Waals surface area contributed by atoms with Crippen LogP contribution in [0, 0.1) is 12.7 Å². The molecule has 1 atom stereocenters. The summed E-state index contributed by atoms with van der Waals surface area (Å²) in [5, 5.41) is 4.72. The Kier molecular flexibility index (Phi) is 2.91. The van der Waals surface area contributed by atoms with Gasteiger partial charge in [0.1, 0.15) is 11.9 Å². The fourth-order valence-corrected chi connectivity index (χ4v) is 2.81. The lowest BCUT2D eigenvalue weighted by Crippen LogP contribution is -2.41. The van der Waals surface area contributed by atoms with Gasteiger partial charge in [0.05, 0.1) is 0 Å². The van der Waals surface area contributed by atoms with Gasteiger partial charge in [-0.3, -0.25) is 0 Å². The number of benzene rings is 1. The standard InChI is InChI=1S/C10H11F3N2O2S/c1-5-2-3-7(11)6-4-10(12,13)9(8(5)6)15-18(14,16)17/h2-3,9,15H,4H2,1H3,(H2,14,16,17)/t9-/m0/s1. The highest BCUT2D eigenvalue weighted by molar-refractivity contribution is 7.87. The second kappa shape index (κ2) is 3.94. The minimum absolute atomic E-state index is 0.0333. The van der Waals surface area contributed by atoms with Gasteiger partial charge in [0, 0.05) is 6.42 Å². The van der Waals surface area contributed by atoms with E-state index in [9.17, 15) is 21.6 Å². The first kappa shape index (κ1) is 13.3. The molecule has 18 heavy (non-hydrogen) atoms. The number of hydrogen-bond donors (Lipinski definition) is 2. The Hall–Kier alpha value is -1.12. The van der Waals surface area contributed by atoms with Gasteiger partial charge in [-0.25, -0.2) is 18.3 Å².